The molecule has 5 nitrogen and oxygen atoms in total. The Balaban J connectivity index is 2.23. The van der Waals surface area contributed by atoms with E-state index in [0.717, 1.165) is 5.56 Å². The second-order valence-corrected chi connectivity index (χ2v) is 10.4. The number of carbonyl (C=O) groups excluding carboxylic acids is 1. The zero-order chi connectivity index (χ0) is 23.3. The largest absolute Gasteiger partial charge is 0.495 e. The summed E-state index contributed by atoms with van der Waals surface area (Å²) in [5.74, 6) is 0.530. The Hall–Kier alpha value is -2.86. The van der Waals surface area contributed by atoms with Gasteiger partial charge in [0.25, 0.3) is 0 Å². The van der Waals surface area contributed by atoms with Crippen molar-refractivity contribution in [2.24, 2.45) is 0 Å². The fourth-order valence-electron chi connectivity index (χ4n) is 3.89. The van der Waals surface area contributed by atoms with Crippen LogP contribution in [0.5, 0.6) is 11.5 Å². The molecule has 4 rings (SSSR count). The number of alkyl halides is 1. The Labute approximate surface area is 195 Å². The van der Waals surface area contributed by atoms with Gasteiger partial charge in [0.2, 0.25) is 0 Å². The number of ketones is 1. The van der Waals surface area contributed by atoms with Crippen LogP contribution < -0.4 is 15.1 Å². The van der Waals surface area contributed by atoms with Crippen molar-refractivity contribution in [2.45, 2.75) is 44.0 Å². The van der Waals surface area contributed by atoms with Crippen molar-refractivity contribution in [3.8, 4) is 22.6 Å². The van der Waals surface area contributed by atoms with Gasteiger partial charge in [-0.2, -0.15) is 0 Å². The minimum absolute atomic E-state index is 0.161. The monoisotopic (exact) mass is 496 g/mol. The van der Waals surface area contributed by atoms with Crippen molar-refractivity contribution in [1.29, 1.82) is 0 Å². The highest BCUT2D eigenvalue weighted by Crippen LogP contribution is 2.49. The maximum Gasteiger partial charge on any atom is 0.336 e. The van der Waals surface area contributed by atoms with Gasteiger partial charge < -0.3 is 13.9 Å². The maximum absolute atomic E-state index is 13.8. The number of benzene rings is 2. The Morgan fingerprint density at radius 2 is 1.91 bits per heavy atom. The van der Waals surface area contributed by atoms with E-state index in [4.69, 9.17) is 13.9 Å². The van der Waals surface area contributed by atoms with Gasteiger partial charge in [0, 0.05) is 11.6 Å². The maximum atomic E-state index is 13.8. The molecule has 1 unspecified atom stereocenters. The van der Waals surface area contributed by atoms with E-state index in [1.54, 1.807) is 0 Å². The Morgan fingerprint density at radius 1 is 1.22 bits per heavy atom. The van der Waals surface area contributed by atoms with Crippen LogP contribution in [0.3, 0.4) is 0 Å². The summed E-state index contributed by atoms with van der Waals surface area (Å²) in [6.07, 6.45) is 4.31. The molecule has 1 atom stereocenters. The molecule has 166 valence electrons. The molecule has 1 aliphatic rings. The van der Waals surface area contributed by atoms with Gasteiger partial charge in [-0.1, -0.05) is 53.2 Å². The second-order valence-electron chi connectivity index (χ2n) is 8.62. The number of hydrogen-bond donors (Lipinski definition) is 0. The van der Waals surface area contributed by atoms with Gasteiger partial charge in [0.1, 0.15) is 22.7 Å². The minimum atomic E-state index is -0.821. The third-order valence-corrected chi connectivity index (χ3v) is 6.72. The molecule has 0 radical (unpaired) electrons. The summed E-state index contributed by atoms with van der Waals surface area (Å²) in [6.45, 7) is 7.58. The molecule has 32 heavy (non-hydrogen) atoms. The highest BCUT2D eigenvalue weighted by molar-refractivity contribution is 9.10. The topological polar surface area (TPSA) is 65.7 Å². The molecule has 3 aromatic rings. The fraction of sp³-hybridized carbons (Fsp3) is 0.308. The summed E-state index contributed by atoms with van der Waals surface area (Å²) in [5.41, 5.74) is 1.54. The lowest BCUT2D eigenvalue weighted by Gasteiger charge is -2.32. The molecule has 6 heteroatoms. The van der Waals surface area contributed by atoms with E-state index in [9.17, 15) is 9.59 Å². The van der Waals surface area contributed by atoms with Gasteiger partial charge in [-0.05, 0) is 44.9 Å². The summed E-state index contributed by atoms with van der Waals surface area (Å²) in [6, 6.07) is 10.9. The van der Waals surface area contributed by atoms with Crippen molar-refractivity contribution >= 4 is 38.8 Å². The fourth-order valence-corrected chi connectivity index (χ4v) is 4.09. The van der Waals surface area contributed by atoms with E-state index in [2.05, 4.69) is 15.9 Å². The standard InChI is InChI=1S/C26H25BrO5/c1-6-26(4,27)24(29)20-22-16(12-13-25(2,3)32-22)21-19(23(20)30-5)17(14-18(28)31-21)15-10-8-7-9-11-15/h7-14H,6H2,1-5H3. The highest BCUT2D eigenvalue weighted by atomic mass is 79.9. The van der Waals surface area contributed by atoms with Crippen molar-refractivity contribution in [1.82, 2.24) is 0 Å². The summed E-state index contributed by atoms with van der Waals surface area (Å²) in [5, 5.41) is 0.563. The van der Waals surface area contributed by atoms with Crippen LogP contribution in [0, 0.1) is 0 Å². The zero-order valence-electron chi connectivity index (χ0n) is 18.7. The number of rotatable bonds is 5. The minimum Gasteiger partial charge on any atom is -0.495 e. The van der Waals surface area contributed by atoms with Gasteiger partial charge in [0.05, 0.1) is 22.4 Å². The third kappa shape index (κ3) is 3.66. The lowest BCUT2D eigenvalue weighted by Crippen LogP contribution is -2.32. The van der Waals surface area contributed by atoms with Crippen LogP contribution in [0.4, 0.5) is 0 Å². The van der Waals surface area contributed by atoms with Gasteiger partial charge in [0.15, 0.2) is 11.4 Å². The number of ether oxygens (including phenoxy) is 2. The first-order valence-corrected chi connectivity index (χ1v) is 11.3. The number of hydrogen-bond acceptors (Lipinski definition) is 5. The molecule has 1 aromatic heterocycles. The predicted octanol–water partition coefficient (Wildman–Crippen LogP) is 6.40. The number of Topliss-reactive ketones (excluding diaryl/α,β-unsaturated/α-hetero) is 1. The number of carbonyl (C=O) groups is 1. The van der Waals surface area contributed by atoms with Crippen molar-refractivity contribution in [3.63, 3.8) is 0 Å². The van der Waals surface area contributed by atoms with Gasteiger partial charge >= 0.3 is 5.63 Å². The number of halogens is 1. The first-order valence-electron chi connectivity index (χ1n) is 10.5. The summed E-state index contributed by atoms with van der Waals surface area (Å²) in [4.78, 5) is 26.4. The lowest BCUT2D eigenvalue weighted by atomic mass is 9.88. The Morgan fingerprint density at radius 3 is 2.53 bits per heavy atom. The second kappa shape index (κ2) is 7.93. The predicted molar refractivity (Wildman–Crippen MR) is 130 cm³/mol. The molecule has 0 bridgehead atoms. The zero-order valence-corrected chi connectivity index (χ0v) is 20.3. The van der Waals surface area contributed by atoms with Crippen LogP contribution in [0.25, 0.3) is 28.2 Å². The highest BCUT2D eigenvalue weighted by Gasteiger charge is 2.39. The number of methoxy groups -OCH3 is 1. The van der Waals surface area contributed by atoms with Gasteiger partial charge in [-0.15, -0.1) is 0 Å². The van der Waals surface area contributed by atoms with Crippen LogP contribution in [0.15, 0.2) is 51.7 Å². The Bertz CT molecular complexity index is 1300. The first kappa shape index (κ1) is 22.3. The molecule has 0 spiro atoms. The van der Waals surface area contributed by atoms with Crippen LogP contribution in [0.1, 0.15) is 50.0 Å². The van der Waals surface area contributed by atoms with Crippen molar-refractivity contribution < 1.29 is 18.7 Å². The smallest absolute Gasteiger partial charge is 0.336 e. The SMILES string of the molecule is CCC(C)(Br)C(=O)c1c2c(c3oc(=O)cc(-c4ccccc4)c3c1OC)C=CC(C)(C)O2. The normalized spacial score (nSPS) is 16.2. The molecule has 0 fully saturated rings. The van der Waals surface area contributed by atoms with Gasteiger partial charge in [-0.25, -0.2) is 4.79 Å². The molecule has 0 saturated heterocycles. The van der Waals surface area contributed by atoms with Crippen LogP contribution in [-0.4, -0.2) is 22.8 Å². The summed E-state index contributed by atoms with van der Waals surface area (Å²) >= 11 is 3.59. The molecule has 0 aliphatic carbocycles. The van der Waals surface area contributed by atoms with E-state index in [1.165, 1.54) is 13.2 Å². The lowest BCUT2D eigenvalue weighted by molar-refractivity contribution is 0.0935. The van der Waals surface area contributed by atoms with Gasteiger partial charge in [-0.3, -0.25) is 4.79 Å². The first-order chi connectivity index (χ1) is 15.1. The Kier molecular flexibility index (Phi) is 5.53. The van der Waals surface area contributed by atoms with Crippen molar-refractivity contribution in [3.05, 3.63) is 64.0 Å². The molecule has 0 N–H and O–H groups in total. The van der Waals surface area contributed by atoms with Crippen LogP contribution >= 0.6 is 15.9 Å². The average Bonchev–Trinajstić information content (AvgIpc) is 2.76. The summed E-state index contributed by atoms with van der Waals surface area (Å²) < 4.78 is 17.0. The third-order valence-electron chi connectivity index (χ3n) is 5.80. The molecular weight excluding hydrogens is 472 g/mol. The quantitative estimate of drug-likeness (QED) is 0.232. The molecule has 1 aliphatic heterocycles. The van der Waals surface area contributed by atoms with E-state index < -0.39 is 15.6 Å². The molecule has 2 aromatic carbocycles. The average molecular weight is 497 g/mol. The molecule has 0 amide bonds. The molecular formula is C26H25BrO5. The molecule has 0 saturated carbocycles. The van der Waals surface area contributed by atoms with Crippen LogP contribution in [-0.2, 0) is 0 Å². The molecule has 2 heterocycles. The van der Waals surface area contributed by atoms with Crippen LogP contribution in [0.2, 0.25) is 0 Å². The van der Waals surface area contributed by atoms with E-state index in [-0.39, 0.29) is 5.78 Å². The van der Waals surface area contributed by atoms with Crippen molar-refractivity contribution in [2.75, 3.05) is 7.11 Å². The number of fused-ring (bicyclic) bond motifs is 3. The van der Waals surface area contributed by atoms with E-state index in [0.29, 0.717) is 45.6 Å². The summed E-state index contributed by atoms with van der Waals surface area (Å²) in [7, 11) is 1.51. The van der Waals surface area contributed by atoms with E-state index in [1.807, 2.05) is 70.2 Å². The van der Waals surface area contributed by atoms with E-state index >= 15 is 0 Å².